The van der Waals surface area contributed by atoms with Crippen molar-refractivity contribution in [2.75, 3.05) is 0 Å². The number of fused-ring (bicyclic) bond motifs is 1. The molecule has 0 bridgehead atoms. The van der Waals surface area contributed by atoms with E-state index in [4.69, 9.17) is 11.6 Å². The van der Waals surface area contributed by atoms with Crippen LogP contribution in [0.15, 0.2) is 65.6 Å². The van der Waals surface area contributed by atoms with E-state index in [0.717, 1.165) is 29.5 Å². The van der Waals surface area contributed by atoms with Crippen LogP contribution in [0.3, 0.4) is 0 Å². The molecule has 0 radical (unpaired) electrons. The Bertz CT molecular complexity index is 1610. The third-order valence-electron chi connectivity index (χ3n) is 6.90. The van der Waals surface area contributed by atoms with Crippen molar-refractivity contribution in [1.82, 2.24) is 15.3 Å². The maximum absolute atomic E-state index is 13.4. The van der Waals surface area contributed by atoms with Gasteiger partial charge < -0.3 is 15.4 Å². The molecule has 36 heavy (non-hydrogen) atoms. The Morgan fingerprint density at radius 2 is 1.81 bits per heavy atom. The number of nitrogens with one attached hydrogen (secondary N) is 2. The number of halogens is 1. The Hall–Kier alpha value is -3.97. The van der Waals surface area contributed by atoms with Gasteiger partial charge in [-0.3, -0.25) is 14.4 Å². The summed E-state index contributed by atoms with van der Waals surface area (Å²) in [5.74, 6) is -1.63. The van der Waals surface area contributed by atoms with Gasteiger partial charge in [-0.1, -0.05) is 41.9 Å². The lowest BCUT2D eigenvalue weighted by Crippen LogP contribution is -2.31. The number of H-pyrrole nitrogens is 1. The zero-order valence-electron chi connectivity index (χ0n) is 19.1. The number of carbonyl (C=O) groups excluding carboxylic acids is 1. The zero-order valence-corrected chi connectivity index (χ0v) is 19.9. The van der Waals surface area contributed by atoms with E-state index in [-0.39, 0.29) is 28.9 Å². The molecule has 0 aliphatic heterocycles. The molecule has 180 valence electrons. The van der Waals surface area contributed by atoms with Gasteiger partial charge in [0, 0.05) is 17.3 Å². The Morgan fingerprint density at radius 1 is 1.03 bits per heavy atom. The van der Waals surface area contributed by atoms with Gasteiger partial charge in [-0.15, -0.1) is 0 Å². The second-order valence-electron chi connectivity index (χ2n) is 9.46. The molecule has 6 rings (SSSR count). The topological polar surface area (TPSA) is 112 Å². The van der Waals surface area contributed by atoms with Crippen molar-refractivity contribution >= 4 is 34.5 Å². The Labute approximate surface area is 211 Å². The van der Waals surface area contributed by atoms with Crippen molar-refractivity contribution in [3.05, 3.63) is 87.2 Å². The van der Waals surface area contributed by atoms with Crippen LogP contribution in [0.2, 0.25) is 5.02 Å². The van der Waals surface area contributed by atoms with Crippen molar-refractivity contribution in [2.45, 2.75) is 31.2 Å². The number of hydrogen-bond acceptors (Lipinski definition) is 4. The average molecular weight is 500 g/mol. The number of aromatic nitrogens is 2. The molecule has 2 aliphatic rings. The fourth-order valence-corrected chi connectivity index (χ4v) is 5.03. The minimum absolute atomic E-state index is 0.0573. The minimum Gasteiger partial charge on any atom is -0.481 e. The van der Waals surface area contributed by atoms with E-state index < -0.39 is 11.9 Å². The van der Waals surface area contributed by atoms with Crippen LogP contribution in [-0.2, 0) is 4.79 Å². The van der Waals surface area contributed by atoms with E-state index in [9.17, 15) is 19.5 Å². The van der Waals surface area contributed by atoms with E-state index in [1.54, 1.807) is 18.3 Å². The number of nitrogens with zero attached hydrogens (tertiary/aromatic N) is 1. The fourth-order valence-electron chi connectivity index (χ4n) is 4.71. The van der Waals surface area contributed by atoms with Gasteiger partial charge in [0.15, 0.2) is 0 Å². The van der Waals surface area contributed by atoms with Crippen molar-refractivity contribution in [1.29, 1.82) is 0 Å². The molecule has 4 aromatic rings. The van der Waals surface area contributed by atoms with Crippen molar-refractivity contribution in [3.8, 4) is 22.4 Å². The molecule has 3 N–H and O–H groups in total. The van der Waals surface area contributed by atoms with Gasteiger partial charge in [-0.25, -0.2) is 4.98 Å². The van der Waals surface area contributed by atoms with Crippen molar-refractivity contribution in [3.63, 3.8) is 0 Å². The van der Waals surface area contributed by atoms with Crippen LogP contribution in [0.1, 0.15) is 41.1 Å². The molecular formula is C28H22ClN3O4. The van der Waals surface area contributed by atoms with E-state index >= 15 is 0 Å². The highest BCUT2D eigenvalue weighted by molar-refractivity contribution is 6.31. The van der Waals surface area contributed by atoms with Gasteiger partial charge in [-0.05, 0) is 71.7 Å². The van der Waals surface area contributed by atoms with Crippen molar-refractivity contribution in [2.24, 2.45) is 5.92 Å². The summed E-state index contributed by atoms with van der Waals surface area (Å²) >= 11 is 6.55. The van der Waals surface area contributed by atoms with Crippen LogP contribution in [0, 0.1) is 5.92 Å². The van der Waals surface area contributed by atoms with Crippen LogP contribution in [0.4, 0.5) is 0 Å². The van der Waals surface area contributed by atoms with Gasteiger partial charge in [0.05, 0.1) is 17.0 Å². The summed E-state index contributed by atoms with van der Waals surface area (Å²) in [5, 5.41) is 13.1. The van der Waals surface area contributed by atoms with Crippen LogP contribution in [-0.4, -0.2) is 33.0 Å². The third kappa shape index (κ3) is 4.05. The second-order valence-corrected chi connectivity index (χ2v) is 9.86. The average Bonchev–Trinajstić information content (AvgIpc) is 3.80. The monoisotopic (exact) mass is 499 g/mol. The summed E-state index contributed by atoms with van der Waals surface area (Å²) in [4.78, 5) is 45.3. The molecule has 2 aliphatic carbocycles. The maximum Gasteiger partial charge on any atom is 0.307 e. The zero-order chi connectivity index (χ0) is 25.0. The predicted molar refractivity (Wildman–Crippen MR) is 137 cm³/mol. The minimum atomic E-state index is -0.798. The summed E-state index contributed by atoms with van der Waals surface area (Å²) in [6.45, 7) is 0. The summed E-state index contributed by atoms with van der Waals surface area (Å²) in [7, 11) is 0. The lowest BCUT2D eigenvalue weighted by atomic mass is 9.97. The molecule has 2 fully saturated rings. The summed E-state index contributed by atoms with van der Waals surface area (Å²) in [6.07, 6.45) is 4.02. The molecule has 2 aromatic heterocycles. The maximum atomic E-state index is 13.4. The molecule has 1 amide bonds. The molecule has 2 aromatic carbocycles. The van der Waals surface area contributed by atoms with Gasteiger partial charge in [0.2, 0.25) is 5.43 Å². The number of carboxylic acids is 1. The lowest BCUT2D eigenvalue weighted by molar-refractivity contribution is -0.138. The number of hydrogen-bond donors (Lipinski definition) is 3. The number of rotatable bonds is 6. The summed E-state index contributed by atoms with van der Waals surface area (Å²) in [5.41, 5.74) is 3.75. The first-order valence-corrected chi connectivity index (χ1v) is 12.2. The van der Waals surface area contributed by atoms with Gasteiger partial charge in [-0.2, -0.15) is 0 Å². The molecular weight excluding hydrogens is 478 g/mol. The molecule has 0 saturated heterocycles. The number of carbonyl (C=O) groups is 2. The molecule has 7 nitrogen and oxygen atoms in total. The van der Waals surface area contributed by atoms with Crippen LogP contribution < -0.4 is 10.7 Å². The highest BCUT2D eigenvalue weighted by atomic mass is 35.5. The highest BCUT2D eigenvalue weighted by Gasteiger charge is 2.45. The lowest BCUT2D eigenvalue weighted by Gasteiger charge is -2.13. The van der Waals surface area contributed by atoms with E-state index in [2.05, 4.69) is 15.3 Å². The number of aliphatic carboxylic acids is 1. The highest BCUT2D eigenvalue weighted by Crippen LogP contribution is 2.50. The van der Waals surface area contributed by atoms with Crippen LogP contribution in [0.5, 0.6) is 0 Å². The van der Waals surface area contributed by atoms with Gasteiger partial charge >= 0.3 is 5.97 Å². The number of benzene rings is 2. The Kier molecular flexibility index (Phi) is 5.38. The molecule has 2 saturated carbocycles. The Balaban J connectivity index is 1.42. The van der Waals surface area contributed by atoms with Gasteiger partial charge in [0.25, 0.3) is 5.91 Å². The predicted octanol–water partition coefficient (Wildman–Crippen LogP) is 4.99. The largest absolute Gasteiger partial charge is 0.481 e. The fraction of sp³-hybridized carbons (Fsp3) is 0.214. The van der Waals surface area contributed by atoms with E-state index in [0.29, 0.717) is 33.7 Å². The molecule has 2 atom stereocenters. The number of pyridine rings is 2. The number of aromatic amines is 1. The first-order chi connectivity index (χ1) is 17.4. The molecule has 0 spiro atoms. The SMILES string of the molecule is O=C(NC1CC1)c1c(-c2cccc(-c3ccc(C4CC4C(=O)O)c(Cl)c3)c2)[nH]c2ncccc2c1=O. The van der Waals surface area contributed by atoms with Crippen molar-refractivity contribution < 1.29 is 14.7 Å². The molecule has 8 heteroatoms. The normalized spacial score (nSPS) is 18.7. The second kappa shape index (κ2) is 8.60. The third-order valence-corrected chi connectivity index (χ3v) is 7.23. The molecule has 2 unspecified atom stereocenters. The summed E-state index contributed by atoms with van der Waals surface area (Å²) < 4.78 is 0. The first-order valence-electron chi connectivity index (χ1n) is 11.9. The number of carboxylic acid groups (broad SMARTS) is 1. The van der Waals surface area contributed by atoms with Gasteiger partial charge in [0.1, 0.15) is 11.2 Å². The first kappa shape index (κ1) is 22.5. The number of amides is 1. The van der Waals surface area contributed by atoms with E-state index in [1.165, 1.54) is 0 Å². The van der Waals surface area contributed by atoms with Crippen LogP contribution in [0.25, 0.3) is 33.4 Å². The van der Waals surface area contributed by atoms with Crippen LogP contribution >= 0.6 is 11.6 Å². The van der Waals surface area contributed by atoms with E-state index in [1.807, 2.05) is 42.5 Å². The standard InChI is InChI=1S/C28H22ClN3O4/c29-22-12-15(6-9-18(22)20-13-21(20)28(35)36)14-3-1-4-16(11-14)24-23(27(34)31-17-7-8-17)25(33)19-5-2-10-30-26(19)32-24/h1-6,9-12,17,20-21H,7-8,13H2,(H,31,34)(H,35,36)(H,30,32,33). The Morgan fingerprint density at radius 3 is 2.53 bits per heavy atom. The smallest absolute Gasteiger partial charge is 0.307 e. The summed E-state index contributed by atoms with van der Waals surface area (Å²) in [6, 6.07) is 16.6. The quantitative estimate of drug-likeness (QED) is 0.346. The molecule has 2 heterocycles.